The van der Waals surface area contributed by atoms with Crippen molar-refractivity contribution in [3.63, 3.8) is 0 Å². The molecule has 1 N–H and O–H groups in total. The van der Waals surface area contributed by atoms with E-state index < -0.39 is 0 Å². The predicted molar refractivity (Wildman–Crippen MR) is 123 cm³/mol. The van der Waals surface area contributed by atoms with Crippen molar-refractivity contribution in [2.45, 2.75) is 40.0 Å². The van der Waals surface area contributed by atoms with Gasteiger partial charge >= 0.3 is 0 Å². The molecule has 0 saturated heterocycles. The summed E-state index contributed by atoms with van der Waals surface area (Å²) in [6.45, 7) is 7.21. The van der Waals surface area contributed by atoms with Crippen LogP contribution in [0.4, 0.5) is 5.13 Å². The summed E-state index contributed by atoms with van der Waals surface area (Å²) >= 11 is 1.62. The van der Waals surface area contributed by atoms with Crippen LogP contribution in [-0.4, -0.2) is 10.7 Å². The maximum atomic E-state index is 4.82. The van der Waals surface area contributed by atoms with Crippen LogP contribution in [0.3, 0.4) is 0 Å². The molecule has 0 amide bonds. The van der Waals surface area contributed by atoms with Crippen LogP contribution in [-0.2, 0) is 0 Å². The molecule has 1 aromatic heterocycles. The van der Waals surface area contributed by atoms with E-state index in [4.69, 9.17) is 10.1 Å². The van der Waals surface area contributed by atoms with Crippen molar-refractivity contribution in [3.8, 4) is 22.4 Å². The average Bonchev–Trinajstić information content (AvgIpc) is 3.36. The van der Waals surface area contributed by atoms with Gasteiger partial charge in [-0.25, -0.2) is 4.98 Å². The minimum absolute atomic E-state index is 0.220. The number of anilines is 1. The van der Waals surface area contributed by atoms with E-state index in [9.17, 15) is 0 Å². The standard InChI is InChI=1S/C25H27N3S/c1-24(2)20-13-14-25(24,3)22(15-20)27-28-23-26-21(16-29-23)19-11-9-18(10-12-19)17-7-5-4-6-8-17/h4-12,16,20H,13-15H2,1-3H3,(H,26,28)/b27-22-/t20-,25+/m1/s1. The first-order valence-electron chi connectivity index (χ1n) is 10.4. The number of rotatable bonds is 4. The molecule has 2 saturated carbocycles. The van der Waals surface area contributed by atoms with E-state index in [2.05, 4.69) is 80.1 Å². The van der Waals surface area contributed by atoms with Crippen molar-refractivity contribution in [2.75, 3.05) is 5.43 Å². The molecule has 0 radical (unpaired) electrons. The number of hydrogen-bond acceptors (Lipinski definition) is 4. The molecule has 4 heteroatoms. The van der Waals surface area contributed by atoms with Gasteiger partial charge in [0, 0.05) is 22.1 Å². The van der Waals surface area contributed by atoms with Crippen LogP contribution in [0, 0.1) is 16.7 Å². The van der Waals surface area contributed by atoms with Crippen molar-refractivity contribution in [2.24, 2.45) is 21.8 Å². The van der Waals surface area contributed by atoms with Gasteiger partial charge in [-0.1, -0.05) is 75.4 Å². The molecule has 0 spiro atoms. The molecule has 2 fully saturated rings. The molecule has 2 aromatic carbocycles. The minimum atomic E-state index is 0.220. The lowest BCUT2D eigenvalue weighted by Gasteiger charge is -2.34. The average molecular weight is 402 g/mol. The molecule has 29 heavy (non-hydrogen) atoms. The van der Waals surface area contributed by atoms with Gasteiger partial charge in [0.15, 0.2) is 0 Å². The largest absolute Gasteiger partial charge is 0.253 e. The molecule has 0 unspecified atom stereocenters. The Labute approximate surface area is 176 Å². The van der Waals surface area contributed by atoms with E-state index in [1.165, 1.54) is 29.7 Å². The molecule has 2 atom stereocenters. The summed E-state index contributed by atoms with van der Waals surface area (Å²) < 4.78 is 0. The Hall–Kier alpha value is -2.46. The van der Waals surface area contributed by atoms with Crippen molar-refractivity contribution in [1.82, 2.24) is 4.98 Å². The van der Waals surface area contributed by atoms with Gasteiger partial charge < -0.3 is 0 Å². The van der Waals surface area contributed by atoms with Gasteiger partial charge in [0.05, 0.1) is 5.69 Å². The van der Waals surface area contributed by atoms with Crippen LogP contribution in [0.15, 0.2) is 65.1 Å². The summed E-state index contributed by atoms with van der Waals surface area (Å²) in [5.41, 5.74) is 9.74. The quantitative estimate of drug-likeness (QED) is 0.474. The first-order valence-corrected chi connectivity index (χ1v) is 11.3. The molecule has 3 nitrogen and oxygen atoms in total. The zero-order chi connectivity index (χ0) is 20.1. The first-order chi connectivity index (χ1) is 14.0. The molecule has 3 aromatic rings. The van der Waals surface area contributed by atoms with Crippen molar-refractivity contribution >= 4 is 22.2 Å². The fourth-order valence-electron chi connectivity index (χ4n) is 5.13. The second-order valence-electron chi connectivity index (χ2n) is 9.15. The van der Waals surface area contributed by atoms with Crippen molar-refractivity contribution < 1.29 is 0 Å². The Morgan fingerprint density at radius 3 is 2.31 bits per heavy atom. The lowest BCUT2D eigenvalue weighted by Crippen LogP contribution is -2.32. The zero-order valence-electron chi connectivity index (χ0n) is 17.3. The van der Waals surface area contributed by atoms with Crippen LogP contribution in [0.1, 0.15) is 40.0 Å². The molecular formula is C25H27N3S. The predicted octanol–water partition coefficient (Wildman–Crippen LogP) is 7.09. The van der Waals surface area contributed by atoms with Crippen LogP contribution >= 0.6 is 11.3 Å². The monoisotopic (exact) mass is 401 g/mol. The van der Waals surface area contributed by atoms with Crippen molar-refractivity contribution in [3.05, 3.63) is 60.0 Å². The maximum Gasteiger partial charge on any atom is 0.203 e. The topological polar surface area (TPSA) is 37.3 Å². The Balaban J connectivity index is 1.32. The molecule has 2 aliphatic rings. The molecule has 1 heterocycles. The lowest BCUT2D eigenvalue weighted by molar-refractivity contribution is 0.194. The summed E-state index contributed by atoms with van der Waals surface area (Å²) in [4.78, 5) is 4.77. The highest BCUT2D eigenvalue weighted by Crippen LogP contribution is 2.63. The zero-order valence-corrected chi connectivity index (χ0v) is 18.1. The first kappa shape index (κ1) is 18.6. The van der Waals surface area contributed by atoms with E-state index in [1.807, 2.05) is 6.07 Å². The highest BCUT2D eigenvalue weighted by Gasteiger charge is 2.59. The van der Waals surface area contributed by atoms with E-state index in [0.29, 0.717) is 5.41 Å². The number of thiazole rings is 1. The molecule has 2 bridgehead atoms. The fraction of sp³-hybridized carbons (Fsp3) is 0.360. The maximum absolute atomic E-state index is 4.82. The molecule has 0 aliphatic heterocycles. The van der Waals surface area contributed by atoms with E-state index in [-0.39, 0.29) is 5.41 Å². The van der Waals surface area contributed by atoms with Gasteiger partial charge in [-0.15, -0.1) is 11.3 Å². The summed E-state index contributed by atoms with van der Waals surface area (Å²) in [7, 11) is 0. The van der Waals surface area contributed by atoms with Gasteiger partial charge in [-0.3, -0.25) is 5.43 Å². The Morgan fingerprint density at radius 1 is 0.966 bits per heavy atom. The van der Waals surface area contributed by atoms with Crippen LogP contribution < -0.4 is 5.43 Å². The van der Waals surface area contributed by atoms with E-state index in [0.717, 1.165) is 28.7 Å². The second kappa shape index (κ2) is 6.81. The lowest BCUT2D eigenvalue weighted by atomic mass is 9.70. The third-order valence-corrected chi connectivity index (χ3v) is 8.34. The number of nitrogens with one attached hydrogen (secondary N) is 1. The van der Waals surface area contributed by atoms with Crippen LogP contribution in [0.25, 0.3) is 22.4 Å². The Bertz CT molecular complexity index is 1050. The third kappa shape index (κ3) is 3.01. The number of aromatic nitrogens is 1. The number of fused-ring (bicyclic) bond motifs is 2. The number of hydrazone groups is 1. The Morgan fingerprint density at radius 2 is 1.66 bits per heavy atom. The SMILES string of the molecule is CC1(C)[C@@H]2CC[C@@]1(C)/C(=N\Nc1nc(-c3ccc(-c4ccccc4)cc3)cs1)C2. The number of nitrogens with zero attached hydrogens (tertiary/aromatic N) is 2. The van der Waals surface area contributed by atoms with Gasteiger partial charge in [-0.2, -0.15) is 5.10 Å². The normalized spacial score (nSPS) is 26.2. The van der Waals surface area contributed by atoms with Crippen molar-refractivity contribution in [1.29, 1.82) is 0 Å². The van der Waals surface area contributed by atoms with Crippen LogP contribution in [0.2, 0.25) is 0 Å². The summed E-state index contributed by atoms with van der Waals surface area (Å²) in [5.74, 6) is 0.767. The van der Waals surface area contributed by atoms with Gasteiger partial charge in [0.1, 0.15) is 0 Å². The van der Waals surface area contributed by atoms with Crippen LogP contribution in [0.5, 0.6) is 0 Å². The summed E-state index contributed by atoms with van der Waals surface area (Å²) in [6, 6.07) is 19.1. The van der Waals surface area contributed by atoms with E-state index in [1.54, 1.807) is 11.3 Å². The second-order valence-corrected chi connectivity index (χ2v) is 10.0. The number of benzene rings is 2. The highest BCUT2D eigenvalue weighted by molar-refractivity contribution is 7.14. The molecular weight excluding hydrogens is 374 g/mol. The van der Waals surface area contributed by atoms with E-state index >= 15 is 0 Å². The number of hydrogen-bond donors (Lipinski definition) is 1. The molecule has 5 rings (SSSR count). The minimum Gasteiger partial charge on any atom is -0.253 e. The highest BCUT2D eigenvalue weighted by atomic mass is 32.1. The van der Waals surface area contributed by atoms with Gasteiger partial charge in [-0.05, 0) is 41.7 Å². The molecule has 148 valence electrons. The smallest absolute Gasteiger partial charge is 0.203 e. The fourth-order valence-corrected chi connectivity index (χ4v) is 5.80. The third-order valence-electron chi connectivity index (χ3n) is 7.59. The Kier molecular flexibility index (Phi) is 4.36. The molecule has 2 aliphatic carbocycles. The van der Waals surface area contributed by atoms with Gasteiger partial charge in [0.2, 0.25) is 5.13 Å². The van der Waals surface area contributed by atoms with Gasteiger partial charge in [0.25, 0.3) is 0 Å². The summed E-state index contributed by atoms with van der Waals surface area (Å²) in [5, 5.41) is 7.79. The summed E-state index contributed by atoms with van der Waals surface area (Å²) in [6.07, 6.45) is 3.71.